The monoisotopic (exact) mass is 766 g/mol. The summed E-state index contributed by atoms with van der Waals surface area (Å²) in [5.41, 5.74) is 17.6. The summed E-state index contributed by atoms with van der Waals surface area (Å²) >= 11 is 0. The molecular formula is C57H67N. The Morgan fingerprint density at radius 1 is 0.552 bits per heavy atom. The number of hydrogen-bond acceptors (Lipinski definition) is 1. The highest BCUT2D eigenvalue weighted by Crippen LogP contribution is 2.67. The zero-order valence-corrected chi connectivity index (χ0v) is 36.1. The summed E-state index contributed by atoms with van der Waals surface area (Å²) in [6, 6.07) is 43.4. The van der Waals surface area contributed by atoms with E-state index in [4.69, 9.17) is 0 Å². The molecule has 0 spiro atoms. The minimum atomic E-state index is 0.0187. The lowest BCUT2D eigenvalue weighted by Gasteiger charge is -2.63. The van der Waals surface area contributed by atoms with Crippen LogP contribution >= 0.6 is 0 Å². The quantitative estimate of drug-likeness (QED) is 0.0904. The average Bonchev–Trinajstić information content (AvgIpc) is 3.50. The van der Waals surface area contributed by atoms with Gasteiger partial charge in [-0.1, -0.05) is 162 Å². The van der Waals surface area contributed by atoms with Crippen LogP contribution in [-0.4, -0.2) is 0 Å². The van der Waals surface area contributed by atoms with Gasteiger partial charge in [-0.15, -0.1) is 0 Å². The van der Waals surface area contributed by atoms with Crippen molar-refractivity contribution in [3.63, 3.8) is 0 Å². The van der Waals surface area contributed by atoms with Crippen LogP contribution in [0.25, 0.3) is 17.2 Å². The Hall–Kier alpha value is -4.36. The third kappa shape index (κ3) is 6.99. The van der Waals surface area contributed by atoms with Gasteiger partial charge < -0.3 is 4.90 Å². The first-order valence-electron chi connectivity index (χ1n) is 23.3. The molecular weight excluding hydrogens is 699 g/mol. The van der Waals surface area contributed by atoms with Crippen molar-refractivity contribution in [3.8, 4) is 11.1 Å². The summed E-state index contributed by atoms with van der Waals surface area (Å²) in [6.45, 7) is 13.2. The molecule has 5 aromatic rings. The van der Waals surface area contributed by atoms with Gasteiger partial charge in [-0.2, -0.15) is 0 Å². The van der Waals surface area contributed by atoms with Crippen molar-refractivity contribution in [2.75, 3.05) is 4.90 Å². The van der Waals surface area contributed by atoms with Crippen LogP contribution in [0.3, 0.4) is 0 Å². The van der Waals surface area contributed by atoms with Gasteiger partial charge in [0.1, 0.15) is 0 Å². The Balaban J connectivity index is 1.18. The third-order valence-electron chi connectivity index (χ3n) is 15.5. The number of anilines is 3. The Morgan fingerprint density at radius 2 is 1.03 bits per heavy atom. The molecule has 0 N–H and O–H groups in total. The average molecular weight is 766 g/mol. The molecule has 0 saturated heterocycles. The van der Waals surface area contributed by atoms with Gasteiger partial charge >= 0.3 is 0 Å². The largest absolute Gasteiger partial charge is 0.310 e. The number of rotatable bonds is 16. The molecule has 4 saturated carbocycles. The molecule has 1 heteroatoms. The number of hydrogen-bond donors (Lipinski definition) is 0. The SMILES string of the molecule is C=Cc1ccc(C23CC4CC(C2)CC(c2ccc5c(c2)C(CCCCCC)(CCCCCC)c2cc(N(c6ccc(C)cc6)c6ccc(C)cc6)ccc2-5)(C4)C3)cc1. The van der Waals surface area contributed by atoms with Crippen molar-refractivity contribution in [2.45, 2.75) is 147 Å². The molecule has 0 aliphatic heterocycles. The standard InChI is InChI=1S/C57H67N/c1-6-9-11-13-31-57(32-14-12-10-7-2)53-34-47(56-38-44-33-45(39-56)37-55(36-44,40-56)46-21-19-43(8-3)20-22-46)23-29-51(53)52-30-28-50(35-54(52)57)58(48-24-15-41(4)16-25-48)49-26-17-42(5)18-27-49/h8,15-30,34-35,44-45H,3,6-7,9-14,31-33,36-40H2,1-2,4-5H3. The molecule has 5 aromatic carbocycles. The van der Waals surface area contributed by atoms with E-state index in [0.717, 1.165) is 11.8 Å². The molecule has 5 aliphatic carbocycles. The van der Waals surface area contributed by atoms with Gasteiger partial charge in [-0.05, 0) is 163 Å². The van der Waals surface area contributed by atoms with Crippen molar-refractivity contribution >= 4 is 23.1 Å². The van der Waals surface area contributed by atoms with E-state index < -0.39 is 0 Å². The summed E-state index contributed by atoms with van der Waals surface area (Å²) in [6.07, 6.45) is 23.1. The van der Waals surface area contributed by atoms with Gasteiger partial charge in [-0.3, -0.25) is 0 Å². The smallest absolute Gasteiger partial charge is 0.0465 e. The second kappa shape index (κ2) is 16.0. The van der Waals surface area contributed by atoms with E-state index >= 15 is 0 Å². The molecule has 0 radical (unpaired) electrons. The van der Waals surface area contributed by atoms with E-state index in [0.29, 0.717) is 5.41 Å². The van der Waals surface area contributed by atoms with Crippen molar-refractivity contribution < 1.29 is 0 Å². The zero-order chi connectivity index (χ0) is 39.9. The van der Waals surface area contributed by atoms with E-state index in [2.05, 4.69) is 148 Å². The molecule has 0 aromatic heterocycles. The first-order chi connectivity index (χ1) is 28.3. The predicted octanol–water partition coefficient (Wildman–Crippen LogP) is 16.4. The number of fused-ring (bicyclic) bond motifs is 3. The predicted molar refractivity (Wildman–Crippen MR) is 249 cm³/mol. The summed E-state index contributed by atoms with van der Waals surface area (Å²) in [4.78, 5) is 2.50. The molecule has 0 heterocycles. The third-order valence-corrected chi connectivity index (χ3v) is 15.5. The molecule has 4 fully saturated rings. The maximum Gasteiger partial charge on any atom is 0.0465 e. The second-order valence-corrected chi connectivity index (χ2v) is 19.5. The normalized spacial score (nSPS) is 23.4. The Morgan fingerprint density at radius 3 is 1.57 bits per heavy atom. The van der Waals surface area contributed by atoms with Gasteiger partial charge in [0.2, 0.25) is 0 Å². The van der Waals surface area contributed by atoms with Crippen LogP contribution in [0.4, 0.5) is 17.1 Å². The van der Waals surface area contributed by atoms with Crippen molar-refractivity contribution in [1.82, 2.24) is 0 Å². The second-order valence-electron chi connectivity index (χ2n) is 19.5. The van der Waals surface area contributed by atoms with E-state index in [1.54, 1.807) is 22.3 Å². The Bertz CT molecular complexity index is 2150. The highest BCUT2D eigenvalue weighted by molar-refractivity contribution is 5.86. The molecule has 10 rings (SSSR count). The fourth-order valence-electron chi connectivity index (χ4n) is 13.1. The Kier molecular flexibility index (Phi) is 10.8. The highest BCUT2D eigenvalue weighted by atomic mass is 15.1. The first kappa shape index (κ1) is 39.1. The maximum absolute atomic E-state index is 4.06. The number of nitrogens with zero attached hydrogens (tertiary/aromatic N) is 1. The van der Waals surface area contributed by atoms with Crippen LogP contribution in [0, 0.1) is 25.7 Å². The molecule has 1 nitrogen and oxygen atoms in total. The van der Waals surface area contributed by atoms with Crippen LogP contribution in [0.1, 0.15) is 156 Å². The molecule has 4 bridgehead atoms. The minimum absolute atomic E-state index is 0.0187. The van der Waals surface area contributed by atoms with Crippen molar-refractivity contribution in [1.29, 1.82) is 0 Å². The lowest BCUT2D eigenvalue weighted by molar-refractivity contribution is -0.0281. The maximum atomic E-state index is 4.06. The first-order valence-corrected chi connectivity index (χ1v) is 23.3. The van der Waals surface area contributed by atoms with E-state index in [-0.39, 0.29) is 10.8 Å². The fraction of sp³-hybridized carbons (Fsp3) is 0.439. The molecule has 5 aliphatic rings. The van der Waals surface area contributed by atoms with Crippen LogP contribution in [0.15, 0.2) is 116 Å². The van der Waals surface area contributed by atoms with Gasteiger partial charge in [-0.25, -0.2) is 0 Å². The van der Waals surface area contributed by atoms with Crippen LogP contribution in [0.5, 0.6) is 0 Å². The molecule has 58 heavy (non-hydrogen) atoms. The number of benzene rings is 5. The van der Waals surface area contributed by atoms with E-state index in [1.165, 1.54) is 148 Å². The van der Waals surface area contributed by atoms with Gasteiger partial charge in [0, 0.05) is 22.5 Å². The summed E-state index contributed by atoms with van der Waals surface area (Å²) in [5, 5.41) is 0. The van der Waals surface area contributed by atoms with Crippen molar-refractivity contribution in [2.24, 2.45) is 11.8 Å². The van der Waals surface area contributed by atoms with Crippen LogP contribution < -0.4 is 4.90 Å². The number of aryl methyl sites for hydroxylation is 2. The summed E-state index contributed by atoms with van der Waals surface area (Å²) in [7, 11) is 0. The summed E-state index contributed by atoms with van der Waals surface area (Å²) in [5.74, 6) is 1.66. The van der Waals surface area contributed by atoms with Gasteiger partial charge in [0.15, 0.2) is 0 Å². The minimum Gasteiger partial charge on any atom is -0.310 e. The topological polar surface area (TPSA) is 3.24 Å². The zero-order valence-electron chi connectivity index (χ0n) is 36.1. The molecule has 300 valence electrons. The van der Waals surface area contributed by atoms with E-state index in [1.807, 2.05) is 6.08 Å². The van der Waals surface area contributed by atoms with Crippen LogP contribution in [-0.2, 0) is 16.2 Å². The molecule has 2 unspecified atom stereocenters. The molecule has 2 atom stereocenters. The van der Waals surface area contributed by atoms with Gasteiger partial charge in [0.05, 0.1) is 0 Å². The van der Waals surface area contributed by atoms with Gasteiger partial charge in [0.25, 0.3) is 0 Å². The number of unbranched alkanes of at least 4 members (excludes halogenated alkanes) is 6. The molecule has 0 amide bonds. The summed E-state index contributed by atoms with van der Waals surface area (Å²) < 4.78 is 0. The highest BCUT2D eigenvalue weighted by Gasteiger charge is 2.59. The van der Waals surface area contributed by atoms with Crippen molar-refractivity contribution in [3.05, 3.63) is 155 Å². The Labute approximate surface area is 351 Å². The fourth-order valence-corrected chi connectivity index (χ4v) is 13.1. The lowest BCUT2D eigenvalue weighted by atomic mass is 9.41. The lowest BCUT2D eigenvalue weighted by Crippen LogP contribution is -2.56. The van der Waals surface area contributed by atoms with E-state index in [9.17, 15) is 0 Å². The van der Waals surface area contributed by atoms with Crippen LogP contribution in [0.2, 0.25) is 0 Å².